The van der Waals surface area contributed by atoms with E-state index in [1.807, 2.05) is 55.5 Å². The van der Waals surface area contributed by atoms with E-state index in [-0.39, 0.29) is 12.6 Å². The third-order valence-corrected chi connectivity index (χ3v) is 4.48. The van der Waals surface area contributed by atoms with Crippen LogP contribution in [0.15, 0.2) is 54.6 Å². The van der Waals surface area contributed by atoms with E-state index in [2.05, 4.69) is 20.6 Å². The van der Waals surface area contributed by atoms with Gasteiger partial charge >= 0.3 is 0 Å². The van der Waals surface area contributed by atoms with Gasteiger partial charge in [-0.15, -0.1) is 0 Å². The first kappa shape index (κ1) is 18.5. The molecule has 0 saturated carbocycles. The summed E-state index contributed by atoms with van der Waals surface area (Å²) in [6.07, 6.45) is 0. The lowest BCUT2D eigenvalue weighted by atomic mass is 10.1. The van der Waals surface area contributed by atoms with Gasteiger partial charge in [0.25, 0.3) is 0 Å². The Morgan fingerprint density at radius 2 is 1.81 bits per heavy atom. The Labute approximate surface area is 162 Å². The number of benzene rings is 2. The van der Waals surface area contributed by atoms with E-state index in [1.54, 1.807) is 6.07 Å². The Morgan fingerprint density at radius 3 is 2.54 bits per heavy atom. The third kappa shape index (κ3) is 4.43. The highest BCUT2D eigenvalue weighted by molar-refractivity contribution is 6.43. The molecule has 0 spiro atoms. The largest absolute Gasteiger partial charge is 0.394 e. The second-order valence-electron chi connectivity index (χ2n) is 5.78. The molecule has 2 aromatic carbocycles. The predicted octanol–water partition coefficient (Wildman–Crippen LogP) is 4.99. The van der Waals surface area contributed by atoms with Crippen molar-refractivity contribution in [3.8, 4) is 11.3 Å². The van der Waals surface area contributed by atoms with Gasteiger partial charge in [-0.2, -0.15) is 4.98 Å². The molecule has 26 heavy (non-hydrogen) atoms. The van der Waals surface area contributed by atoms with E-state index in [0.717, 1.165) is 11.3 Å². The molecule has 1 heterocycles. The Bertz CT molecular complexity index is 890. The molecule has 5 nitrogen and oxygen atoms in total. The number of nitrogens with zero attached hydrogens (tertiary/aromatic N) is 2. The van der Waals surface area contributed by atoms with Crippen molar-refractivity contribution < 1.29 is 5.11 Å². The van der Waals surface area contributed by atoms with Crippen molar-refractivity contribution in [2.75, 3.05) is 17.2 Å². The summed E-state index contributed by atoms with van der Waals surface area (Å²) in [6, 6.07) is 16.8. The minimum absolute atomic E-state index is 0.0260. The van der Waals surface area contributed by atoms with E-state index in [0.29, 0.717) is 27.5 Å². The lowest BCUT2D eigenvalue weighted by Gasteiger charge is -2.15. The molecular formula is C19H18Cl2N4O. The van der Waals surface area contributed by atoms with Gasteiger partial charge in [0.2, 0.25) is 5.95 Å². The predicted molar refractivity (Wildman–Crippen MR) is 107 cm³/mol. The molecule has 1 atom stereocenters. The molecule has 0 saturated heterocycles. The van der Waals surface area contributed by atoms with E-state index >= 15 is 0 Å². The summed E-state index contributed by atoms with van der Waals surface area (Å²) < 4.78 is 0. The molecule has 0 aliphatic carbocycles. The molecule has 3 rings (SSSR count). The maximum atomic E-state index is 9.29. The van der Waals surface area contributed by atoms with Crippen LogP contribution in [0.2, 0.25) is 10.0 Å². The fourth-order valence-corrected chi connectivity index (χ4v) is 2.68. The van der Waals surface area contributed by atoms with Crippen molar-refractivity contribution in [3.05, 3.63) is 64.6 Å². The Hall–Kier alpha value is -2.34. The Kier molecular flexibility index (Phi) is 5.93. The van der Waals surface area contributed by atoms with Gasteiger partial charge in [0.1, 0.15) is 5.82 Å². The number of rotatable bonds is 6. The monoisotopic (exact) mass is 388 g/mol. The second-order valence-corrected chi connectivity index (χ2v) is 6.57. The van der Waals surface area contributed by atoms with Gasteiger partial charge in [-0.1, -0.05) is 59.6 Å². The molecule has 7 heteroatoms. The molecule has 0 unspecified atom stereocenters. The summed E-state index contributed by atoms with van der Waals surface area (Å²) in [5.74, 6) is 0.976. The van der Waals surface area contributed by atoms with Gasteiger partial charge in [0, 0.05) is 17.7 Å². The fraction of sp³-hybridized carbons (Fsp3) is 0.158. The van der Waals surface area contributed by atoms with E-state index < -0.39 is 0 Å². The highest BCUT2D eigenvalue weighted by Gasteiger charge is 2.11. The zero-order chi connectivity index (χ0) is 18.5. The van der Waals surface area contributed by atoms with Crippen LogP contribution in [-0.2, 0) is 0 Å². The number of aromatic nitrogens is 2. The van der Waals surface area contributed by atoms with Gasteiger partial charge < -0.3 is 15.7 Å². The third-order valence-electron chi connectivity index (χ3n) is 3.66. The average Bonchev–Trinajstić information content (AvgIpc) is 2.66. The summed E-state index contributed by atoms with van der Waals surface area (Å²) in [6.45, 7) is 1.82. The topological polar surface area (TPSA) is 70.1 Å². The molecule has 3 N–H and O–H groups in total. The fourth-order valence-electron chi connectivity index (χ4n) is 2.34. The lowest BCUT2D eigenvalue weighted by molar-refractivity contribution is 0.281. The number of halogens is 2. The first-order valence-corrected chi connectivity index (χ1v) is 8.85. The highest BCUT2D eigenvalue weighted by Crippen LogP contribution is 2.32. The van der Waals surface area contributed by atoms with E-state index in [1.165, 1.54) is 0 Å². The van der Waals surface area contributed by atoms with Crippen LogP contribution >= 0.6 is 23.2 Å². The van der Waals surface area contributed by atoms with Gasteiger partial charge in [0.05, 0.1) is 28.0 Å². The van der Waals surface area contributed by atoms with Crippen molar-refractivity contribution in [1.82, 2.24) is 9.97 Å². The van der Waals surface area contributed by atoms with Crippen LogP contribution in [0, 0.1) is 0 Å². The minimum atomic E-state index is -0.177. The smallest absolute Gasteiger partial charge is 0.225 e. The van der Waals surface area contributed by atoms with Gasteiger partial charge in [0.15, 0.2) is 0 Å². The van der Waals surface area contributed by atoms with Crippen molar-refractivity contribution in [2.45, 2.75) is 13.0 Å². The van der Waals surface area contributed by atoms with Crippen LogP contribution < -0.4 is 10.6 Å². The van der Waals surface area contributed by atoms with Crippen molar-refractivity contribution >= 4 is 40.7 Å². The zero-order valence-corrected chi connectivity index (χ0v) is 15.6. The summed E-state index contributed by atoms with van der Waals surface area (Å²) in [5.41, 5.74) is 2.35. The molecule has 3 aromatic rings. The van der Waals surface area contributed by atoms with Crippen LogP contribution in [-0.4, -0.2) is 27.7 Å². The summed E-state index contributed by atoms with van der Waals surface area (Å²) >= 11 is 12.3. The van der Waals surface area contributed by atoms with Crippen molar-refractivity contribution in [1.29, 1.82) is 0 Å². The zero-order valence-electron chi connectivity index (χ0n) is 14.1. The quantitative estimate of drug-likeness (QED) is 0.554. The molecule has 134 valence electrons. The SMILES string of the molecule is C[C@H](CO)Nc1nc(Nc2cccc(Cl)c2Cl)cc(-c2ccccc2)n1. The van der Waals surface area contributed by atoms with Crippen LogP contribution in [0.25, 0.3) is 11.3 Å². The average molecular weight is 389 g/mol. The molecule has 0 amide bonds. The lowest BCUT2D eigenvalue weighted by Crippen LogP contribution is -2.21. The van der Waals surface area contributed by atoms with Crippen LogP contribution in [0.5, 0.6) is 0 Å². The standard InChI is InChI=1S/C19H18Cl2N4O/c1-12(11-26)22-19-24-16(13-6-3-2-4-7-13)10-17(25-19)23-15-9-5-8-14(20)18(15)21/h2-10,12,26H,11H2,1H3,(H2,22,23,24,25)/t12-/m1/s1. The first-order valence-electron chi connectivity index (χ1n) is 8.09. The summed E-state index contributed by atoms with van der Waals surface area (Å²) in [5, 5.41) is 16.4. The maximum absolute atomic E-state index is 9.29. The number of aliphatic hydroxyl groups excluding tert-OH is 1. The second kappa shape index (κ2) is 8.36. The van der Waals surface area contributed by atoms with Crippen LogP contribution in [0.4, 0.5) is 17.5 Å². The van der Waals surface area contributed by atoms with Gasteiger partial charge in [-0.3, -0.25) is 0 Å². The minimum Gasteiger partial charge on any atom is -0.394 e. The molecule has 0 aliphatic rings. The van der Waals surface area contributed by atoms with Crippen molar-refractivity contribution in [2.24, 2.45) is 0 Å². The number of hydrogen-bond acceptors (Lipinski definition) is 5. The molecule has 0 bridgehead atoms. The maximum Gasteiger partial charge on any atom is 0.225 e. The molecular weight excluding hydrogens is 371 g/mol. The molecule has 0 radical (unpaired) electrons. The summed E-state index contributed by atoms with van der Waals surface area (Å²) in [7, 11) is 0. The molecule has 0 aliphatic heterocycles. The van der Waals surface area contributed by atoms with Crippen molar-refractivity contribution in [3.63, 3.8) is 0 Å². The van der Waals surface area contributed by atoms with Gasteiger partial charge in [-0.25, -0.2) is 4.98 Å². The Morgan fingerprint density at radius 1 is 1.04 bits per heavy atom. The number of hydrogen-bond donors (Lipinski definition) is 3. The van der Waals surface area contributed by atoms with E-state index in [9.17, 15) is 5.11 Å². The normalized spacial score (nSPS) is 11.8. The number of anilines is 3. The van der Waals surface area contributed by atoms with Crippen LogP contribution in [0.3, 0.4) is 0 Å². The summed E-state index contributed by atoms with van der Waals surface area (Å²) in [4.78, 5) is 9.01. The highest BCUT2D eigenvalue weighted by atomic mass is 35.5. The number of aliphatic hydroxyl groups is 1. The molecule has 0 fully saturated rings. The molecule has 1 aromatic heterocycles. The number of nitrogens with one attached hydrogen (secondary N) is 2. The Balaban J connectivity index is 2.00. The first-order chi connectivity index (χ1) is 12.6. The van der Waals surface area contributed by atoms with Crippen LogP contribution in [0.1, 0.15) is 6.92 Å². The van der Waals surface area contributed by atoms with E-state index in [4.69, 9.17) is 23.2 Å². The van der Waals surface area contributed by atoms with Gasteiger partial charge in [-0.05, 0) is 19.1 Å².